The van der Waals surface area contributed by atoms with Crippen LogP contribution in [0.5, 0.6) is 5.75 Å². The van der Waals surface area contributed by atoms with Crippen LogP contribution in [-0.4, -0.2) is 65.0 Å². The summed E-state index contributed by atoms with van der Waals surface area (Å²) in [5, 5.41) is 9.98. The quantitative estimate of drug-likeness (QED) is 0.426. The van der Waals surface area contributed by atoms with E-state index in [2.05, 4.69) is 20.4 Å². The number of anilines is 2. The van der Waals surface area contributed by atoms with Gasteiger partial charge in [-0.25, -0.2) is 8.78 Å². The van der Waals surface area contributed by atoms with Gasteiger partial charge in [-0.15, -0.1) is 10.2 Å². The minimum absolute atomic E-state index is 0.0200. The van der Waals surface area contributed by atoms with Crippen molar-refractivity contribution in [2.24, 2.45) is 0 Å². The molecule has 0 unspecified atom stereocenters. The minimum Gasteiger partial charge on any atom is -0.482 e. The molecule has 200 valence electrons. The average Bonchev–Trinajstić information content (AvgIpc) is 2.88. The third kappa shape index (κ3) is 5.95. The van der Waals surface area contributed by atoms with E-state index in [1.54, 1.807) is 11.8 Å². The fraction of sp³-hybridized carbons (Fsp3) is 0.280. The fourth-order valence-electron chi connectivity index (χ4n) is 3.90. The van der Waals surface area contributed by atoms with Gasteiger partial charge < -0.3 is 25.6 Å². The summed E-state index contributed by atoms with van der Waals surface area (Å²) in [6.45, 7) is 3.99. The molecule has 1 aliphatic heterocycles. The SMILES string of the molecule is C[C@@H](Oc1cc(C(=O)Nc2ccc(C(=O)N3CCN(C)CC3)c(F)c2)nnc1N)c1c(Cl)ccc(F)c1Cl. The summed E-state index contributed by atoms with van der Waals surface area (Å²) in [5.74, 6) is -2.73. The molecule has 1 saturated heterocycles. The van der Waals surface area contributed by atoms with Crippen molar-refractivity contribution in [2.45, 2.75) is 13.0 Å². The van der Waals surface area contributed by atoms with Crippen LogP contribution >= 0.6 is 23.2 Å². The number of likely N-dealkylation sites (N-methyl/N-ethyl adjacent to an activating group) is 1. The lowest BCUT2D eigenvalue weighted by Crippen LogP contribution is -2.47. The molecular weight excluding hydrogens is 541 g/mol. The molecule has 0 spiro atoms. The molecule has 0 saturated carbocycles. The molecule has 1 aliphatic rings. The second-order valence-corrected chi connectivity index (χ2v) is 9.53. The first kappa shape index (κ1) is 27.5. The Morgan fingerprint density at radius 1 is 1.05 bits per heavy atom. The number of benzene rings is 2. The second-order valence-electron chi connectivity index (χ2n) is 8.74. The van der Waals surface area contributed by atoms with Gasteiger partial charge in [0.2, 0.25) is 0 Å². The Kier molecular flexibility index (Phi) is 8.29. The van der Waals surface area contributed by atoms with Gasteiger partial charge >= 0.3 is 0 Å². The van der Waals surface area contributed by atoms with E-state index >= 15 is 0 Å². The van der Waals surface area contributed by atoms with Gasteiger partial charge in [0.05, 0.1) is 10.6 Å². The number of piperazine rings is 1. The zero-order valence-corrected chi connectivity index (χ0v) is 22.0. The smallest absolute Gasteiger partial charge is 0.276 e. The van der Waals surface area contributed by atoms with Crippen molar-refractivity contribution in [2.75, 3.05) is 44.3 Å². The van der Waals surface area contributed by atoms with Crippen LogP contribution in [0.1, 0.15) is 39.4 Å². The van der Waals surface area contributed by atoms with Crippen molar-refractivity contribution in [1.29, 1.82) is 0 Å². The summed E-state index contributed by atoms with van der Waals surface area (Å²) < 4.78 is 34.5. The van der Waals surface area contributed by atoms with Crippen LogP contribution in [0.15, 0.2) is 36.4 Å². The maximum absolute atomic E-state index is 14.8. The Morgan fingerprint density at radius 2 is 1.76 bits per heavy atom. The van der Waals surface area contributed by atoms with E-state index in [-0.39, 0.29) is 44.1 Å². The third-order valence-electron chi connectivity index (χ3n) is 6.06. The van der Waals surface area contributed by atoms with Gasteiger partial charge in [0, 0.05) is 48.5 Å². The van der Waals surface area contributed by atoms with E-state index in [9.17, 15) is 18.4 Å². The number of amides is 2. The summed E-state index contributed by atoms with van der Waals surface area (Å²) in [6.07, 6.45) is -0.854. The number of carbonyl (C=O) groups excluding carboxylic acids is 2. The van der Waals surface area contributed by atoms with Gasteiger partial charge in [-0.05, 0) is 44.3 Å². The lowest BCUT2D eigenvalue weighted by atomic mass is 10.1. The molecule has 0 bridgehead atoms. The van der Waals surface area contributed by atoms with Crippen molar-refractivity contribution < 1.29 is 23.1 Å². The number of carbonyl (C=O) groups is 2. The molecule has 38 heavy (non-hydrogen) atoms. The Labute approximate surface area is 227 Å². The Morgan fingerprint density at radius 3 is 2.45 bits per heavy atom. The van der Waals surface area contributed by atoms with E-state index in [4.69, 9.17) is 33.7 Å². The van der Waals surface area contributed by atoms with E-state index in [0.29, 0.717) is 26.2 Å². The Balaban J connectivity index is 1.47. The highest BCUT2D eigenvalue weighted by atomic mass is 35.5. The molecule has 1 fully saturated rings. The van der Waals surface area contributed by atoms with E-state index < -0.39 is 29.6 Å². The van der Waals surface area contributed by atoms with Gasteiger partial charge in [-0.1, -0.05) is 23.2 Å². The van der Waals surface area contributed by atoms with Crippen molar-refractivity contribution in [1.82, 2.24) is 20.0 Å². The molecule has 3 aromatic rings. The number of aromatic nitrogens is 2. The number of hydrogen-bond acceptors (Lipinski definition) is 7. The lowest BCUT2D eigenvalue weighted by Gasteiger charge is -2.32. The molecule has 2 amide bonds. The van der Waals surface area contributed by atoms with Gasteiger partial charge in [0.1, 0.15) is 17.7 Å². The number of hydrogen-bond donors (Lipinski definition) is 2. The van der Waals surface area contributed by atoms with Crippen molar-refractivity contribution >= 4 is 46.5 Å². The van der Waals surface area contributed by atoms with Gasteiger partial charge in [-0.3, -0.25) is 9.59 Å². The monoisotopic (exact) mass is 564 g/mol. The van der Waals surface area contributed by atoms with Crippen LogP contribution in [0.4, 0.5) is 20.3 Å². The maximum atomic E-state index is 14.8. The van der Waals surface area contributed by atoms with E-state index in [1.165, 1.54) is 24.3 Å². The Bertz CT molecular complexity index is 1390. The molecule has 1 atom stereocenters. The molecule has 0 radical (unpaired) electrons. The van der Waals surface area contributed by atoms with Crippen LogP contribution in [0.3, 0.4) is 0 Å². The number of nitrogen functional groups attached to an aromatic ring is 1. The average molecular weight is 565 g/mol. The maximum Gasteiger partial charge on any atom is 0.276 e. The standard InChI is InChI=1S/C25H24Cl2F2N6O3/c1-13(21-16(26)5-6-17(28)22(21)27)38-20-12-19(32-33-23(20)30)24(36)31-14-3-4-15(18(29)11-14)25(37)35-9-7-34(2)8-10-35/h3-6,11-13H,7-10H2,1-2H3,(H2,30,33)(H,31,36)/t13-/m1/s1. The number of ether oxygens (including phenoxy) is 1. The summed E-state index contributed by atoms with van der Waals surface area (Å²) in [6, 6.07) is 7.50. The summed E-state index contributed by atoms with van der Waals surface area (Å²) in [7, 11) is 1.95. The van der Waals surface area contributed by atoms with Gasteiger partial charge in [0.15, 0.2) is 17.3 Å². The van der Waals surface area contributed by atoms with Crippen LogP contribution < -0.4 is 15.8 Å². The molecule has 13 heteroatoms. The lowest BCUT2D eigenvalue weighted by molar-refractivity contribution is 0.0659. The largest absolute Gasteiger partial charge is 0.482 e. The first-order valence-corrected chi connectivity index (χ1v) is 12.3. The second kappa shape index (κ2) is 11.5. The molecule has 4 rings (SSSR count). The predicted molar refractivity (Wildman–Crippen MR) is 140 cm³/mol. The normalized spacial score (nSPS) is 14.7. The molecule has 1 aromatic heterocycles. The molecule has 2 aromatic carbocycles. The van der Waals surface area contributed by atoms with Crippen LogP contribution in [0, 0.1) is 11.6 Å². The highest BCUT2D eigenvalue weighted by Gasteiger charge is 2.24. The summed E-state index contributed by atoms with van der Waals surface area (Å²) >= 11 is 12.2. The molecule has 0 aliphatic carbocycles. The van der Waals surface area contributed by atoms with E-state index in [0.717, 1.165) is 12.1 Å². The number of halogens is 4. The molecule has 3 N–H and O–H groups in total. The zero-order chi connectivity index (χ0) is 27.6. The fourth-order valence-corrected chi connectivity index (χ4v) is 4.57. The first-order chi connectivity index (χ1) is 18.0. The Hall–Kier alpha value is -3.54. The highest BCUT2D eigenvalue weighted by molar-refractivity contribution is 6.36. The summed E-state index contributed by atoms with van der Waals surface area (Å²) in [4.78, 5) is 29.2. The molecular formula is C25H24Cl2F2N6O3. The minimum atomic E-state index is -0.854. The van der Waals surface area contributed by atoms with Gasteiger partial charge in [-0.2, -0.15) is 0 Å². The zero-order valence-electron chi connectivity index (χ0n) is 20.5. The van der Waals surface area contributed by atoms with Crippen LogP contribution in [-0.2, 0) is 0 Å². The number of rotatable bonds is 6. The van der Waals surface area contributed by atoms with Crippen LogP contribution in [0.2, 0.25) is 10.0 Å². The van der Waals surface area contributed by atoms with Crippen LogP contribution in [0.25, 0.3) is 0 Å². The third-order valence-corrected chi connectivity index (χ3v) is 6.77. The van der Waals surface area contributed by atoms with E-state index in [1.807, 2.05) is 7.05 Å². The van der Waals surface area contributed by atoms with Gasteiger partial charge in [0.25, 0.3) is 11.8 Å². The number of nitrogens with one attached hydrogen (secondary N) is 1. The summed E-state index contributed by atoms with van der Waals surface area (Å²) in [5.41, 5.74) is 5.88. The first-order valence-electron chi connectivity index (χ1n) is 11.6. The molecule has 2 heterocycles. The van der Waals surface area contributed by atoms with Crippen molar-refractivity contribution in [3.05, 3.63) is 74.9 Å². The predicted octanol–water partition coefficient (Wildman–Crippen LogP) is 4.42. The highest BCUT2D eigenvalue weighted by Crippen LogP contribution is 2.36. The van der Waals surface area contributed by atoms with Crippen molar-refractivity contribution in [3.63, 3.8) is 0 Å². The topological polar surface area (TPSA) is 114 Å². The van der Waals surface area contributed by atoms with Crippen molar-refractivity contribution in [3.8, 4) is 5.75 Å². The molecule has 9 nitrogen and oxygen atoms in total. The number of nitrogens with two attached hydrogens (primary N) is 1. The number of nitrogens with zero attached hydrogens (tertiary/aromatic N) is 4.